The van der Waals surface area contributed by atoms with Crippen LogP contribution in [0, 0.1) is 0 Å². The maximum absolute atomic E-state index is 4.64. The van der Waals surface area contributed by atoms with Crippen LogP contribution in [0.5, 0.6) is 0 Å². The molecule has 0 radical (unpaired) electrons. The van der Waals surface area contributed by atoms with E-state index in [-0.39, 0.29) is 0 Å². The van der Waals surface area contributed by atoms with Crippen LogP contribution in [0.4, 0.5) is 5.95 Å². The van der Waals surface area contributed by atoms with Crippen molar-refractivity contribution >= 4 is 34.1 Å². The van der Waals surface area contributed by atoms with Crippen LogP contribution >= 0.6 is 11.8 Å². The average molecular weight is 364 g/mol. The molecule has 26 heavy (non-hydrogen) atoms. The van der Waals surface area contributed by atoms with Crippen molar-refractivity contribution in [3.8, 4) is 0 Å². The van der Waals surface area contributed by atoms with E-state index < -0.39 is 0 Å². The van der Waals surface area contributed by atoms with Crippen molar-refractivity contribution in [2.75, 3.05) is 11.6 Å². The molecule has 0 aliphatic rings. The van der Waals surface area contributed by atoms with Crippen molar-refractivity contribution in [2.45, 2.75) is 31.5 Å². The molecule has 3 aromatic heterocycles. The molecule has 0 atom stereocenters. The van der Waals surface area contributed by atoms with Gasteiger partial charge in [0.15, 0.2) is 10.8 Å². The molecule has 0 bridgehead atoms. The Bertz CT molecular complexity index is 1070. The maximum Gasteiger partial charge on any atom is 0.228 e. The van der Waals surface area contributed by atoms with E-state index in [0.29, 0.717) is 18.4 Å². The highest BCUT2D eigenvalue weighted by Gasteiger charge is 2.15. The number of aromatic nitrogens is 5. The highest BCUT2D eigenvalue weighted by molar-refractivity contribution is 7.98. The third-order valence-electron chi connectivity index (χ3n) is 4.39. The maximum atomic E-state index is 4.64. The fraction of sp³-hybridized carbons (Fsp3) is 0.263. The second-order valence-corrected chi connectivity index (χ2v) is 7.16. The van der Waals surface area contributed by atoms with Crippen molar-refractivity contribution in [1.29, 1.82) is 0 Å². The summed E-state index contributed by atoms with van der Waals surface area (Å²) in [5.41, 5.74) is 3.16. The molecule has 0 spiro atoms. The predicted octanol–water partition coefficient (Wildman–Crippen LogP) is 4.13. The van der Waals surface area contributed by atoms with Gasteiger partial charge >= 0.3 is 0 Å². The van der Waals surface area contributed by atoms with Gasteiger partial charge in [-0.05, 0) is 29.2 Å². The standard InChI is InChI=1S/C19H20N6S/c1-12(2)15-11-22-25-17(15)23-19(26-3)24-18(25)21-9-14-6-4-5-13-7-8-20-10-16(13)14/h4-8,10-12H,9H2,1-3H3,(H,21,23,24). The van der Waals surface area contributed by atoms with Crippen LogP contribution in [0.2, 0.25) is 0 Å². The van der Waals surface area contributed by atoms with E-state index in [1.807, 2.05) is 30.9 Å². The summed E-state index contributed by atoms with van der Waals surface area (Å²) in [6.45, 7) is 4.93. The van der Waals surface area contributed by atoms with Gasteiger partial charge in [0.05, 0.1) is 6.20 Å². The SMILES string of the molecule is CSc1nc(NCc2cccc3ccncc23)n2ncc(C(C)C)c2n1. The van der Waals surface area contributed by atoms with Crippen molar-refractivity contribution < 1.29 is 0 Å². The largest absolute Gasteiger partial charge is 0.350 e. The number of nitrogens with zero attached hydrogens (tertiary/aromatic N) is 5. The molecule has 7 heteroatoms. The molecule has 0 amide bonds. The van der Waals surface area contributed by atoms with E-state index in [1.165, 1.54) is 22.7 Å². The topological polar surface area (TPSA) is 68.0 Å². The van der Waals surface area contributed by atoms with Crippen LogP contribution in [-0.2, 0) is 6.54 Å². The third-order valence-corrected chi connectivity index (χ3v) is 4.94. The van der Waals surface area contributed by atoms with Crippen LogP contribution in [-0.4, -0.2) is 30.8 Å². The van der Waals surface area contributed by atoms with Crippen LogP contribution in [0.3, 0.4) is 0 Å². The van der Waals surface area contributed by atoms with Gasteiger partial charge in [0, 0.05) is 29.9 Å². The molecule has 1 N–H and O–H groups in total. The van der Waals surface area contributed by atoms with E-state index in [1.54, 1.807) is 4.52 Å². The minimum atomic E-state index is 0.356. The molecule has 0 unspecified atom stereocenters. The fourth-order valence-electron chi connectivity index (χ4n) is 2.99. The Morgan fingerprint density at radius 2 is 2.04 bits per heavy atom. The van der Waals surface area contributed by atoms with Gasteiger partial charge in [-0.15, -0.1) is 0 Å². The van der Waals surface area contributed by atoms with E-state index >= 15 is 0 Å². The molecule has 4 aromatic rings. The lowest BCUT2D eigenvalue weighted by Crippen LogP contribution is -2.10. The molecule has 0 saturated carbocycles. The lowest BCUT2D eigenvalue weighted by molar-refractivity contribution is 0.824. The van der Waals surface area contributed by atoms with Gasteiger partial charge in [-0.3, -0.25) is 4.98 Å². The molecule has 0 aliphatic heterocycles. The van der Waals surface area contributed by atoms with E-state index in [0.717, 1.165) is 21.8 Å². The summed E-state index contributed by atoms with van der Waals surface area (Å²) in [5, 5.41) is 11.0. The first-order valence-corrected chi connectivity index (χ1v) is 9.75. The Hall–Kier alpha value is -2.67. The predicted molar refractivity (Wildman–Crippen MR) is 106 cm³/mol. The lowest BCUT2D eigenvalue weighted by Gasteiger charge is -2.11. The minimum absolute atomic E-state index is 0.356. The molecular weight excluding hydrogens is 344 g/mol. The number of fused-ring (bicyclic) bond motifs is 2. The fourth-order valence-corrected chi connectivity index (χ4v) is 3.35. The average Bonchev–Trinajstić information content (AvgIpc) is 3.10. The summed E-state index contributed by atoms with van der Waals surface area (Å²) >= 11 is 1.53. The van der Waals surface area contributed by atoms with Crippen LogP contribution in [0.25, 0.3) is 16.4 Å². The quantitative estimate of drug-likeness (QED) is 0.537. The number of thioether (sulfide) groups is 1. The Kier molecular flexibility index (Phi) is 4.46. The first kappa shape index (κ1) is 16.8. The zero-order valence-corrected chi connectivity index (χ0v) is 15.8. The van der Waals surface area contributed by atoms with Gasteiger partial charge in [0.25, 0.3) is 0 Å². The highest BCUT2D eigenvalue weighted by atomic mass is 32.2. The minimum Gasteiger partial charge on any atom is -0.350 e. The first-order chi connectivity index (χ1) is 12.7. The first-order valence-electron chi connectivity index (χ1n) is 8.52. The molecule has 0 aliphatic carbocycles. The van der Waals surface area contributed by atoms with Gasteiger partial charge < -0.3 is 5.32 Å². The Morgan fingerprint density at radius 3 is 2.85 bits per heavy atom. The molecule has 6 nitrogen and oxygen atoms in total. The smallest absolute Gasteiger partial charge is 0.228 e. The summed E-state index contributed by atoms with van der Waals surface area (Å²) in [6.07, 6.45) is 7.58. The molecule has 0 fully saturated rings. The van der Waals surface area contributed by atoms with Crippen LogP contribution < -0.4 is 5.32 Å². The number of benzene rings is 1. The van der Waals surface area contributed by atoms with Gasteiger partial charge in [-0.25, -0.2) is 4.98 Å². The summed E-state index contributed by atoms with van der Waals surface area (Å²) in [6, 6.07) is 8.29. The second kappa shape index (κ2) is 6.92. The van der Waals surface area contributed by atoms with Crippen LogP contribution in [0.1, 0.15) is 30.9 Å². The van der Waals surface area contributed by atoms with Crippen LogP contribution in [0.15, 0.2) is 48.0 Å². The summed E-state index contributed by atoms with van der Waals surface area (Å²) in [5.74, 6) is 1.06. The molecular formula is C19H20N6S. The number of anilines is 1. The van der Waals surface area contributed by atoms with E-state index in [2.05, 4.69) is 57.4 Å². The summed E-state index contributed by atoms with van der Waals surface area (Å²) < 4.78 is 1.79. The van der Waals surface area contributed by atoms with Gasteiger partial charge in [0.2, 0.25) is 5.95 Å². The summed E-state index contributed by atoms with van der Waals surface area (Å²) in [4.78, 5) is 13.5. The van der Waals surface area contributed by atoms with Crippen molar-refractivity contribution in [3.05, 3.63) is 54.0 Å². The van der Waals surface area contributed by atoms with E-state index in [9.17, 15) is 0 Å². The highest BCUT2D eigenvalue weighted by Crippen LogP contribution is 2.24. The van der Waals surface area contributed by atoms with Gasteiger partial charge in [-0.2, -0.15) is 14.6 Å². The zero-order chi connectivity index (χ0) is 18.1. The zero-order valence-electron chi connectivity index (χ0n) is 15.0. The van der Waals surface area contributed by atoms with Crippen molar-refractivity contribution in [1.82, 2.24) is 24.6 Å². The number of hydrogen-bond acceptors (Lipinski definition) is 6. The lowest BCUT2D eigenvalue weighted by atomic mass is 10.1. The third kappa shape index (κ3) is 2.99. The summed E-state index contributed by atoms with van der Waals surface area (Å²) in [7, 11) is 0. The molecule has 3 heterocycles. The molecule has 132 valence electrons. The Balaban J connectivity index is 1.72. The van der Waals surface area contributed by atoms with Crippen molar-refractivity contribution in [3.63, 3.8) is 0 Å². The monoisotopic (exact) mass is 364 g/mol. The Morgan fingerprint density at radius 1 is 1.15 bits per heavy atom. The number of nitrogens with one attached hydrogen (secondary N) is 1. The molecule has 4 rings (SSSR count). The van der Waals surface area contributed by atoms with Gasteiger partial charge in [-0.1, -0.05) is 43.8 Å². The molecule has 0 saturated heterocycles. The number of hydrogen-bond donors (Lipinski definition) is 1. The Labute approximate surface area is 156 Å². The number of pyridine rings is 1. The second-order valence-electron chi connectivity index (χ2n) is 6.39. The normalized spacial score (nSPS) is 11.5. The van der Waals surface area contributed by atoms with E-state index in [4.69, 9.17) is 0 Å². The molecule has 1 aromatic carbocycles. The van der Waals surface area contributed by atoms with Gasteiger partial charge in [0.1, 0.15) is 0 Å². The number of rotatable bonds is 5. The van der Waals surface area contributed by atoms with Crippen molar-refractivity contribution in [2.24, 2.45) is 0 Å².